The summed E-state index contributed by atoms with van der Waals surface area (Å²) < 4.78 is 0. The maximum absolute atomic E-state index is 4.79. The molecule has 2 heteroatoms. The van der Waals surface area contributed by atoms with Gasteiger partial charge < -0.3 is 0 Å². The Labute approximate surface area is 50.4 Å². The van der Waals surface area contributed by atoms with Crippen molar-refractivity contribution in [2.75, 3.05) is 6.54 Å². The van der Waals surface area contributed by atoms with E-state index in [1.165, 1.54) is 6.42 Å². The van der Waals surface area contributed by atoms with E-state index < -0.39 is 0 Å². The third-order valence-electron chi connectivity index (χ3n) is 1.44. The fraction of sp³-hybridized carbons (Fsp3) is 0.833. The van der Waals surface area contributed by atoms with Crippen LogP contribution in [0, 0.1) is 12.6 Å². The van der Waals surface area contributed by atoms with E-state index in [0.717, 1.165) is 12.5 Å². The van der Waals surface area contributed by atoms with Gasteiger partial charge in [-0.15, -0.1) is 0 Å². The Morgan fingerprint density at radius 1 is 1.75 bits per heavy atom. The van der Waals surface area contributed by atoms with Crippen molar-refractivity contribution in [3.05, 3.63) is 6.73 Å². The van der Waals surface area contributed by atoms with Crippen molar-refractivity contribution >= 4 is 0 Å². The molecule has 1 radical (unpaired) electrons. The molecule has 2 atom stereocenters. The fourth-order valence-electron chi connectivity index (χ4n) is 0.556. The third kappa shape index (κ3) is 1.80. The molecular weight excluding hydrogens is 102 g/mol. The molecule has 0 bridgehead atoms. The summed E-state index contributed by atoms with van der Waals surface area (Å²) in [5.74, 6) is 0.758. The summed E-state index contributed by atoms with van der Waals surface area (Å²) in [6, 6.07) is 0. The van der Waals surface area contributed by atoms with E-state index in [1.54, 1.807) is 6.73 Å². The molecule has 8 heavy (non-hydrogen) atoms. The summed E-state index contributed by atoms with van der Waals surface area (Å²) in [5, 5.41) is 1.86. The Bertz CT molecular complexity index is 70.9. The summed E-state index contributed by atoms with van der Waals surface area (Å²) in [6.07, 6.45) is 1.23. The van der Waals surface area contributed by atoms with Gasteiger partial charge in [0.15, 0.2) is 6.73 Å². The average Bonchev–Trinajstić information content (AvgIpc) is 2.50. The van der Waals surface area contributed by atoms with Gasteiger partial charge in [0.1, 0.15) is 0 Å². The molecule has 1 aliphatic heterocycles. The number of hydroxylamine groups is 2. The second kappa shape index (κ2) is 2.46. The lowest BCUT2D eigenvalue weighted by Gasteiger charge is -2.03. The summed E-state index contributed by atoms with van der Waals surface area (Å²) >= 11 is 0. The second-order valence-corrected chi connectivity index (χ2v) is 2.32. The predicted octanol–water partition coefficient (Wildman–Crippen LogP) is 1.40. The van der Waals surface area contributed by atoms with Crippen LogP contribution >= 0.6 is 0 Å². The highest BCUT2D eigenvalue weighted by atomic mass is 16.8. The maximum atomic E-state index is 4.79. The molecule has 0 amide bonds. The average molecular weight is 114 g/mol. The van der Waals surface area contributed by atoms with Gasteiger partial charge in [0.25, 0.3) is 0 Å². The summed E-state index contributed by atoms with van der Waals surface area (Å²) in [7, 11) is 0. The Balaban J connectivity index is 1.98. The zero-order valence-electron chi connectivity index (χ0n) is 5.42. The molecular formula is C6H12NO. The largest absolute Gasteiger partial charge is 0.271 e. The topological polar surface area (TPSA) is 15.5 Å². The molecule has 1 saturated heterocycles. The molecule has 1 rings (SSSR count). The van der Waals surface area contributed by atoms with E-state index in [1.807, 2.05) is 5.06 Å². The van der Waals surface area contributed by atoms with Crippen LogP contribution in [0.2, 0.25) is 0 Å². The Morgan fingerprint density at radius 2 is 2.38 bits per heavy atom. The lowest BCUT2D eigenvalue weighted by Crippen LogP contribution is -2.07. The first kappa shape index (κ1) is 6.05. The van der Waals surface area contributed by atoms with Crippen LogP contribution < -0.4 is 0 Å². The minimum absolute atomic E-state index is 0.758. The number of hydrogen-bond donors (Lipinski definition) is 0. The minimum Gasteiger partial charge on any atom is -0.271 e. The van der Waals surface area contributed by atoms with Crippen LogP contribution in [0.1, 0.15) is 20.3 Å². The first-order valence-electron chi connectivity index (χ1n) is 3.09. The van der Waals surface area contributed by atoms with E-state index in [2.05, 4.69) is 13.8 Å². The molecule has 1 heterocycles. The molecule has 1 aliphatic rings. The van der Waals surface area contributed by atoms with E-state index in [4.69, 9.17) is 4.84 Å². The molecule has 47 valence electrons. The van der Waals surface area contributed by atoms with Crippen LogP contribution in [0.4, 0.5) is 0 Å². The van der Waals surface area contributed by atoms with E-state index in [9.17, 15) is 0 Å². The summed E-state index contributed by atoms with van der Waals surface area (Å²) in [6.45, 7) is 7.20. The van der Waals surface area contributed by atoms with Crippen molar-refractivity contribution in [2.24, 2.45) is 5.92 Å². The molecule has 1 fully saturated rings. The zero-order valence-corrected chi connectivity index (χ0v) is 5.42. The molecule has 0 aromatic heterocycles. The normalized spacial score (nSPS) is 30.0. The van der Waals surface area contributed by atoms with Crippen molar-refractivity contribution in [2.45, 2.75) is 20.3 Å². The van der Waals surface area contributed by atoms with Crippen molar-refractivity contribution in [1.29, 1.82) is 0 Å². The van der Waals surface area contributed by atoms with Gasteiger partial charge in [-0.3, -0.25) is 4.84 Å². The van der Waals surface area contributed by atoms with Crippen molar-refractivity contribution in [3.63, 3.8) is 0 Å². The standard InChI is InChI=1S/C6H12NO/c1-3-6(2)4-7-5-8-7/h5-6H,3-4H2,1-2H3. The molecule has 0 saturated carbocycles. The molecule has 0 aromatic carbocycles. The fourth-order valence-corrected chi connectivity index (χ4v) is 0.556. The van der Waals surface area contributed by atoms with Crippen molar-refractivity contribution in [3.8, 4) is 0 Å². The third-order valence-corrected chi connectivity index (χ3v) is 1.44. The van der Waals surface area contributed by atoms with Crippen LogP contribution in [-0.2, 0) is 4.84 Å². The minimum atomic E-state index is 0.758. The van der Waals surface area contributed by atoms with Gasteiger partial charge >= 0.3 is 0 Å². The van der Waals surface area contributed by atoms with Crippen molar-refractivity contribution in [1.82, 2.24) is 5.06 Å². The number of nitrogens with zero attached hydrogens (tertiary/aromatic N) is 1. The quantitative estimate of drug-likeness (QED) is 0.515. The van der Waals surface area contributed by atoms with Gasteiger partial charge in [-0.2, -0.15) is 5.06 Å². The van der Waals surface area contributed by atoms with Crippen LogP contribution in [0.25, 0.3) is 0 Å². The summed E-state index contributed by atoms with van der Waals surface area (Å²) in [5.41, 5.74) is 0. The highest BCUT2D eigenvalue weighted by molar-refractivity contribution is 4.63. The van der Waals surface area contributed by atoms with Gasteiger partial charge in [0, 0.05) is 6.54 Å². The van der Waals surface area contributed by atoms with Gasteiger partial charge in [-0.1, -0.05) is 20.3 Å². The van der Waals surface area contributed by atoms with Crippen LogP contribution in [-0.4, -0.2) is 11.6 Å². The van der Waals surface area contributed by atoms with Gasteiger partial charge in [0.05, 0.1) is 0 Å². The van der Waals surface area contributed by atoms with E-state index in [0.29, 0.717) is 0 Å². The Kier molecular flexibility index (Phi) is 1.86. The monoisotopic (exact) mass is 114 g/mol. The van der Waals surface area contributed by atoms with E-state index >= 15 is 0 Å². The molecule has 2 unspecified atom stereocenters. The van der Waals surface area contributed by atoms with E-state index in [-0.39, 0.29) is 0 Å². The lowest BCUT2D eigenvalue weighted by atomic mass is 10.1. The molecule has 0 spiro atoms. The molecule has 0 aromatic rings. The van der Waals surface area contributed by atoms with Gasteiger partial charge in [0.2, 0.25) is 0 Å². The smallest absolute Gasteiger partial charge is 0.197 e. The highest BCUT2D eigenvalue weighted by Gasteiger charge is 2.21. The van der Waals surface area contributed by atoms with Crippen LogP contribution in [0.3, 0.4) is 0 Å². The number of hydrogen-bond acceptors (Lipinski definition) is 2. The predicted molar refractivity (Wildman–Crippen MR) is 31.5 cm³/mol. The second-order valence-electron chi connectivity index (χ2n) is 2.32. The lowest BCUT2D eigenvalue weighted by molar-refractivity contribution is 0.178. The maximum Gasteiger partial charge on any atom is 0.197 e. The van der Waals surface area contributed by atoms with Crippen LogP contribution in [0.5, 0.6) is 0 Å². The van der Waals surface area contributed by atoms with Crippen LogP contribution in [0.15, 0.2) is 0 Å². The van der Waals surface area contributed by atoms with Gasteiger partial charge in [-0.25, -0.2) is 0 Å². The number of rotatable bonds is 3. The van der Waals surface area contributed by atoms with Gasteiger partial charge in [-0.05, 0) is 5.92 Å². The zero-order chi connectivity index (χ0) is 5.98. The Hall–Kier alpha value is -0.0800. The Morgan fingerprint density at radius 3 is 2.75 bits per heavy atom. The molecule has 0 N–H and O–H groups in total. The first-order valence-corrected chi connectivity index (χ1v) is 3.09. The molecule has 2 nitrogen and oxygen atoms in total. The van der Waals surface area contributed by atoms with Crippen molar-refractivity contribution < 1.29 is 4.84 Å². The SMILES string of the molecule is CCC(C)CN1[CH]O1. The summed E-state index contributed by atoms with van der Waals surface area (Å²) in [4.78, 5) is 4.79. The highest BCUT2D eigenvalue weighted by Crippen LogP contribution is 2.16. The first-order chi connectivity index (χ1) is 3.83. The molecule has 0 aliphatic carbocycles.